The molecule has 0 saturated heterocycles. The van der Waals surface area contributed by atoms with Crippen molar-refractivity contribution in [1.29, 1.82) is 0 Å². The quantitative estimate of drug-likeness (QED) is 0.657. The second-order valence-electron chi connectivity index (χ2n) is 3.91. The monoisotopic (exact) mass is 316 g/mol. The van der Waals surface area contributed by atoms with Gasteiger partial charge in [-0.1, -0.05) is 12.2 Å². The Kier molecular flexibility index (Phi) is 4.85. The molecule has 0 aliphatic heterocycles. The molecule has 3 N–H and O–H groups in total. The summed E-state index contributed by atoms with van der Waals surface area (Å²) < 4.78 is 73.5. The van der Waals surface area contributed by atoms with Crippen molar-refractivity contribution < 1.29 is 26.3 Å². The van der Waals surface area contributed by atoms with E-state index < -0.39 is 30.9 Å². The average Bonchev–Trinajstić information content (AvgIpc) is 2.25. The van der Waals surface area contributed by atoms with E-state index in [9.17, 15) is 26.3 Å². The molecule has 0 heterocycles. The van der Waals surface area contributed by atoms with Crippen LogP contribution in [-0.4, -0.2) is 17.7 Å². The Morgan fingerprint density at radius 1 is 1.15 bits per heavy atom. The maximum absolute atomic E-state index is 12.5. The van der Waals surface area contributed by atoms with Gasteiger partial charge in [-0.05, 0) is 18.2 Å². The molecule has 9 heteroatoms. The predicted octanol–water partition coefficient (Wildman–Crippen LogP) is 3.70. The number of thiocarbonyl (C=S) groups is 1. The largest absolute Gasteiger partial charge is 0.416 e. The van der Waals surface area contributed by atoms with Gasteiger partial charge in [0.05, 0.1) is 12.0 Å². The van der Waals surface area contributed by atoms with Gasteiger partial charge in [0.15, 0.2) is 0 Å². The van der Waals surface area contributed by atoms with E-state index in [0.717, 1.165) is 12.1 Å². The summed E-state index contributed by atoms with van der Waals surface area (Å²) in [6.45, 7) is -0.482. The number of hydrogen-bond acceptors (Lipinski definition) is 2. The molecule has 0 aliphatic rings. The topological polar surface area (TPSA) is 38.0 Å². The first-order valence-corrected chi connectivity index (χ1v) is 5.73. The van der Waals surface area contributed by atoms with Gasteiger partial charge in [-0.25, -0.2) is 0 Å². The van der Waals surface area contributed by atoms with E-state index in [4.69, 9.17) is 5.73 Å². The van der Waals surface area contributed by atoms with Crippen LogP contribution < -0.4 is 11.1 Å². The zero-order valence-electron chi connectivity index (χ0n) is 9.90. The van der Waals surface area contributed by atoms with E-state index in [1.165, 1.54) is 0 Å². The molecule has 1 aromatic rings. The number of hydrogen-bond donors (Lipinski definition) is 2. The van der Waals surface area contributed by atoms with Gasteiger partial charge in [-0.3, -0.25) is 0 Å². The van der Waals surface area contributed by atoms with Gasteiger partial charge in [0.1, 0.15) is 4.99 Å². The summed E-state index contributed by atoms with van der Waals surface area (Å²) in [7, 11) is 0. The smallest absolute Gasteiger partial charge is 0.389 e. The van der Waals surface area contributed by atoms with Crippen molar-refractivity contribution >= 4 is 22.9 Å². The third-order valence-electron chi connectivity index (χ3n) is 2.34. The molecule has 0 radical (unpaired) electrons. The number of halogens is 6. The molecule has 0 amide bonds. The molecule has 1 aromatic carbocycles. The van der Waals surface area contributed by atoms with Crippen LogP contribution in [0.2, 0.25) is 0 Å². The van der Waals surface area contributed by atoms with E-state index in [2.05, 4.69) is 17.5 Å². The van der Waals surface area contributed by atoms with Crippen LogP contribution in [0.25, 0.3) is 0 Å². The van der Waals surface area contributed by atoms with Crippen molar-refractivity contribution in [3.8, 4) is 0 Å². The summed E-state index contributed by atoms with van der Waals surface area (Å²) in [5, 5.41) is 2.37. The van der Waals surface area contributed by atoms with Crippen LogP contribution in [0.1, 0.15) is 17.5 Å². The molecule has 0 spiro atoms. The van der Waals surface area contributed by atoms with Gasteiger partial charge in [0.2, 0.25) is 0 Å². The maximum atomic E-state index is 12.5. The first-order valence-electron chi connectivity index (χ1n) is 5.32. The standard InChI is InChI=1S/C11H10F6N2S/c12-10(13,14)3-4-19-8-2-1-6(11(15,16)17)5-7(8)9(18)20/h1-2,5,19H,3-4H2,(H2,18,20). The van der Waals surface area contributed by atoms with Crippen molar-refractivity contribution in [2.75, 3.05) is 11.9 Å². The fraction of sp³-hybridized carbons (Fsp3) is 0.364. The van der Waals surface area contributed by atoms with Crippen LogP contribution in [0, 0.1) is 0 Å². The summed E-state index contributed by atoms with van der Waals surface area (Å²) in [5.74, 6) is 0. The highest BCUT2D eigenvalue weighted by Crippen LogP contribution is 2.32. The van der Waals surface area contributed by atoms with Crippen LogP contribution in [0.4, 0.5) is 32.0 Å². The van der Waals surface area contributed by atoms with Crippen LogP contribution in [0.3, 0.4) is 0 Å². The second kappa shape index (κ2) is 5.86. The van der Waals surface area contributed by atoms with Crippen molar-refractivity contribution in [3.63, 3.8) is 0 Å². The molecule has 0 aromatic heterocycles. The molecule has 112 valence electrons. The molecule has 0 aliphatic carbocycles. The van der Waals surface area contributed by atoms with Crippen LogP contribution in [0.5, 0.6) is 0 Å². The molecule has 0 atom stereocenters. The summed E-state index contributed by atoms with van der Waals surface area (Å²) >= 11 is 4.60. The third kappa shape index (κ3) is 4.87. The Balaban J connectivity index is 2.94. The summed E-state index contributed by atoms with van der Waals surface area (Å²) in [5.41, 5.74) is 4.21. The Labute approximate surface area is 115 Å². The van der Waals surface area contributed by atoms with Crippen LogP contribution in [0.15, 0.2) is 18.2 Å². The number of alkyl halides is 6. The minimum Gasteiger partial charge on any atom is -0.389 e. The second-order valence-corrected chi connectivity index (χ2v) is 4.35. The first-order chi connectivity index (χ1) is 9.00. The van der Waals surface area contributed by atoms with Gasteiger partial charge >= 0.3 is 12.4 Å². The lowest BCUT2D eigenvalue weighted by Gasteiger charge is -2.15. The fourth-order valence-corrected chi connectivity index (χ4v) is 1.59. The molecule has 0 fully saturated rings. The van der Waals surface area contributed by atoms with Gasteiger partial charge in [0, 0.05) is 17.8 Å². The Bertz CT molecular complexity index is 495. The van der Waals surface area contributed by atoms with Gasteiger partial charge in [0.25, 0.3) is 0 Å². The lowest BCUT2D eigenvalue weighted by Crippen LogP contribution is -2.18. The Morgan fingerprint density at radius 3 is 2.20 bits per heavy atom. The average molecular weight is 316 g/mol. The minimum absolute atomic E-state index is 0.0368. The minimum atomic E-state index is -4.58. The highest BCUT2D eigenvalue weighted by atomic mass is 32.1. The van der Waals surface area contributed by atoms with Crippen molar-refractivity contribution in [2.24, 2.45) is 5.73 Å². The van der Waals surface area contributed by atoms with Crippen molar-refractivity contribution in [1.82, 2.24) is 0 Å². The molecule has 0 saturated carbocycles. The summed E-state index contributed by atoms with van der Waals surface area (Å²) in [4.78, 5) is -0.328. The lowest BCUT2D eigenvalue weighted by atomic mass is 10.1. The summed E-state index contributed by atoms with van der Waals surface area (Å²) in [6, 6.07) is 2.46. The van der Waals surface area contributed by atoms with E-state index in [1.807, 2.05) is 0 Å². The molecular formula is C11H10F6N2S. The van der Waals surface area contributed by atoms with Gasteiger partial charge in [-0.15, -0.1) is 0 Å². The summed E-state index contributed by atoms with van der Waals surface area (Å²) in [6.07, 6.45) is -10.1. The van der Waals surface area contributed by atoms with E-state index in [1.54, 1.807) is 0 Å². The van der Waals surface area contributed by atoms with E-state index >= 15 is 0 Å². The van der Waals surface area contributed by atoms with E-state index in [-0.39, 0.29) is 16.2 Å². The molecular weight excluding hydrogens is 306 g/mol. The molecule has 20 heavy (non-hydrogen) atoms. The van der Waals surface area contributed by atoms with Crippen molar-refractivity contribution in [3.05, 3.63) is 29.3 Å². The number of rotatable bonds is 4. The SMILES string of the molecule is NC(=S)c1cc(C(F)(F)F)ccc1NCCC(F)(F)F. The molecule has 2 nitrogen and oxygen atoms in total. The number of anilines is 1. The lowest BCUT2D eigenvalue weighted by molar-refractivity contribution is -0.137. The fourth-order valence-electron chi connectivity index (χ4n) is 1.42. The molecule has 0 unspecified atom stereocenters. The van der Waals surface area contributed by atoms with Crippen LogP contribution in [-0.2, 0) is 6.18 Å². The number of nitrogens with one attached hydrogen (secondary N) is 1. The number of benzene rings is 1. The third-order valence-corrected chi connectivity index (χ3v) is 2.56. The molecule has 1 rings (SSSR count). The first kappa shape index (κ1) is 16.5. The van der Waals surface area contributed by atoms with Gasteiger partial charge in [-0.2, -0.15) is 26.3 Å². The van der Waals surface area contributed by atoms with Crippen LogP contribution >= 0.6 is 12.2 Å². The van der Waals surface area contributed by atoms with Crippen molar-refractivity contribution in [2.45, 2.75) is 18.8 Å². The number of nitrogens with two attached hydrogens (primary N) is 1. The zero-order chi connectivity index (χ0) is 15.6. The Hall–Kier alpha value is -1.51. The van der Waals surface area contributed by atoms with Gasteiger partial charge < -0.3 is 11.1 Å². The normalized spacial score (nSPS) is 12.3. The molecule has 0 bridgehead atoms. The highest BCUT2D eigenvalue weighted by Gasteiger charge is 2.31. The van der Waals surface area contributed by atoms with E-state index in [0.29, 0.717) is 6.07 Å². The predicted molar refractivity (Wildman–Crippen MR) is 66.5 cm³/mol. The zero-order valence-corrected chi connectivity index (χ0v) is 10.7. The maximum Gasteiger partial charge on any atom is 0.416 e. The highest BCUT2D eigenvalue weighted by molar-refractivity contribution is 7.80. The Morgan fingerprint density at radius 2 is 1.75 bits per heavy atom.